The maximum atomic E-state index is 4.41. The van der Waals surface area contributed by atoms with Crippen LogP contribution < -0.4 is 10.3 Å². The summed E-state index contributed by atoms with van der Waals surface area (Å²) >= 11 is 1.79. The van der Waals surface area contributed by atoms with Crippen molar-refractivity contribution >= 4 is 39.3 Å². The minimum absolute atomic E-state index is 0.806. The van der Waals surface area contributed by atoms with Crippen molar-refractivity contribution in [2.45, 2.75) is 19.3 Å². The summed E-state index contributed by atoms with van der Waals surface area (Å²) < 4.78 is 0. The summed E-state index contributed by atoms with van der Waals surface area (Å²) in [4.78, 5) is 13.4. The van der Waals surface area contributed by atoms with Crippen molar-refractivity contribution in [1.82, 2.24) is 9.97 Å². The highest BCUT2D eigenvalue weighted by Gasteiger charge is 2.20. The van der Waals surface area contributed by atoms with Gasteiger partial charge in [0.15, 0.2) is 5.82 Å². The molecule has 0 bridgehead atoms. The number of aryl methyl sites for hydroxylation is 2. The summed E-state index contributed by atoms with van der Waals surface area (Å²) in [5, 5.41) is 5.52. The number of hydrogen-bond donors (Lipinski definition) is 1. The number of hydrazone groups is 1. The minimum atomic E-state index is 0.806. The van der Waals surface area contributed by atoms with Crippen molar-refractivity contribution in [2.24, 2.45) is 5.10 Å². The summed E-state index contributed by atoms with van der Waals surface area (Å²) in [5.74, 6) is 0.806. The first-order valence-electron chi connectivity index (χ1n) is 8.04. The quantitative estimate of drug-likeness (QED) is 0.583. The normalized spacial score (nSPS) is 13.6. The third kappa shape index (κ3) is 2.73. The Hall–Kier alpha value is -2.47. The molecule has 0 saturated heterocycles. The van der Waals surface area contributed by atoms with Crippen LogP contribution in [0.3, 0.4) is 0 Å². The topological polar surface area (TPSA) is 53.4 Å². The second-order valence-electron chi connectivity index (χ2n) is 6.12. The van der Waals surface area contributed by atoms with Crippen LogP contribution in [0.5, 0.6) is 0 Å². The van der Waals surface area contributed by atoms with Crippen LogP contribution in [0.15, 0.2) is 35.7 Å². The van der Waals surface area contributed by atoms with Crippen molar-refractivity contribution in [3.8, 4) is 0 Å². The molecule has 3 aromatic rings. The van der Waals surface area contributed by atoms with Gasteiger partial charge in [0.1, 0.15) is 11.2 Å². The molecule has 2 heterocycles. The van der Waals surface area contributed by atoms with E-state index in [9.17, 15) is 0 Å². The van der Waals surface area contributed by atoms with Gasteiger partial charge in [0.25, 0.3) is 0 Å². The van der Waals surface area contributed by atoms with Crippen molar-refractivity contribution < 1.29 is 0 Å². The van der Waals surface area contributed by atoms with Crippen molar-refractivity contribution in [2.75, 3.05) is 24.4 Å². The Bertz CT molecular complexity index is 896. The number of benzene rings is 1. The van der Waals surface area contributed by atoms with Gasteiger partial charge in [0, 0.05) is 24.7 Å². The van der Waals surface area contributed by atoms with Gasteiger partial charge in [-0.15, -0.1) is 11.3 Å². The standard InChI is InChI=1S/C18H19N5S/c1-23(2)13-8-6-12(7-9-13)10-21-22-17-16-14-4-3-5-15(14)24-18(16)20-11-19-17/h6-11H,3-5H2,1-2H3,(H,19,20,22)/b21-10-. The molecule has 0 aliphatic heterocycles. The van der Waals surface area contributed by atoms with Gasteiger partial charge in [0.2, 0.25) is 0 Å². The van der Waals surface area contributed by atoms with Gasteiger partial charge in [-0.2, -0.15) is 5.10 Å². The lowest BCUT2D eigenvalue weighted by Crippen LogP contribution is -2.08. The minimum Gasteiger partial charge on any atom is -0.378 e. The molecule has 6 heteroatoms. The molecule has 4 rings (SSSR count). The molecular weight excluding hydrogens is 318 g/mol. The van der Waals surface area contributed by atoms with Crippen molar-refractivity contribution in [1.29, 1.82) is 0 Å². The predicted octanol–water partition coefficient (Wildman–Crippen LogP) is 3.69. The molecule has 1 aliphatic rings. The molecule has 2 aromatic heterocycles. The van der Waals surface area contributed by atoms with Gasteiger partial charge < -0.3 is 4.90 Å². The molecule has 0 saturated carbocycles. The number of nitrogens with zero attached hydrogens (tertiary/aromatic N) is 4. The van der Waals surface area contributed by atoms with Crippen LogP contribution in [0.2, 0.25) is 0 Å². The fourth-order valence-corrected chi connectivity index (χ4v) is 4.27. The highest BCUT2D eigenvalue weighted by atomic mass is 32.1. The summed E-state index contributed by atoms with van der Waals surface area (Å²) in [7, 11) is 4.06. The molecule has 0 atom stereocenters. The lowest BCUT2D eigenvalue weighted by molar-refractivity contribution is 0.917. The smallest absolute Gasteiger partial charge is 0.158 e. The van der Waals surface area contributed by atoms with Gasteiger partial charge in [-0.1, -0.05) is 12.1 Å². The second-order valence-corrected chi connectivity index (χ2v) is 7.20. The van der Waals surface area contributed by atoms with E-state index >= 15 is 0 Å². The van der Waals surface area contributed by atoms with Crippen molar-refractivity contribution in [3.63, 3.8) is 0 Å². The lowest BCUT2D eigenvalue weighted by Gasteiger charge is -2.11. The van der Waals surface area contributed by atoms with E-state index in [2.05, 4.69) is 49.7 Å². The third-order valence-corrected chi connectivity index (χ3v) is 5.49. The average Bonchev–Trinajstić information content (AvgIpc) is 3.16. The molecule has 0 fully saturated rings. The largest absolute Gasteiger partial charge is 0.378 e. The van der Waals surface area contributed by atoms with E-state index in [1.54, 1.807) is 17.7 Å². The van der Waals surface area contributed by atoms with Crippen LogP contribution in [0.1, 0.15) is 22.4 Å². The molecule has 0 amide bonds. The van der Waals surface area contributed by atoms with Crippen LogP contribution in [0.4, 0.5) is 11.5 Å². The Kier molecular flexibility index (Phi) is 3.90. The van der Waals surface area contributed by atoms with Crippen molar-refractivity contribution in [3.05, 3.63) is 46.6 Å². The van der Waals surface area contributed by atoms with Gasteiger partial charge in [-0.25, -0.2) is 9.97 Å². The lowest BCUT2D eigenvalue weighted by atomic mass is 10.2. The zero-order valence-electron chi connectivity index (χ0n) is 13.8. The Morgan fingerprint density at radius 1 is 1.17 bits per heavy atom. The van der Waals surface area contributed by atoms with Crippen LogP contribution >= 0.6 is 11.3 Å². The Balaban J connectivity index is 1.56. The number of thiophene rings is 1. The molecule has 0 spiro atoms. The first-order chi connectivity index (χ1) is 11.7. The summed E-state index contributed by atoms with van der Waals surface area (Å²) in [6.45, 7) is 0. The fraction of sp³-hybridized carbons (Fsp3) is 0.278. The third-order valence-electron chi connectivity index (χ3n) is 4.29. The number of hydrogen-bond acceptors (Lipinski definition) is 6. The number of fused-ring (bicyclic) bond motifs is 3. The van der Waals surface area contributed by atoms with Crippen LogP contribution in [0.25, 0.3) is 10.2 Å². The maximum Gasteiger partial charge on any atom is 0.158 e. The van der Waals surface area contributed by atoms with Gasteiger partial charge in [-0.3, -0.25) is 5.43 Å². The van der Waals surface area contributed by atoms with E-state index in [0.29, 0.717) is 0 Å². The first-order valence-corrected chi connectivity index (χ1v) is 8.86. The second kappa shape index (κ2) is 6.20. The Labute approximate surface area is 145 Å². The summed E-state index contributed by atoms with van der Waals surface area (Å²) in [5.41, 5.74) is 6.73. The summed E-state index contributed by atoms with van der Waals surface area (Å²) in [6, 6.07) is 8.27. The Morgan fingerprint density at radius 2 is 2.00 bits per heavy atom. The SMILES string of the molecule is CN(C)c1ccc(/C=N\Nc2ncnc3sc4c(c23)CCC4)cc1. The Morgan fingerprint density at radius 3 is 2.79 bits per heavy atom. The molecule has 1 N–H and O–H groups in total. The first kappa shape index (κ1) is 15.1. The molecule has 1 aliphatic carbocycles. The van der Waals surface area contributed by atoms with Gasteiger partial charge in [-0.05, 0) is 42.5 Å². The maximum absolute atomic E-state index is 4.41. The molecular formula is C18H19N5S. The van der Waals surface area contributed by atoms with Gasteiger partial charge >= 0.3 is 0 Å². The highest BCUT2D eigenvalue weighted by molar-refractivity contribution is 7.19. The molecule has 0 radical (unpaired) electrons. The number of anilines is 2. The van der Waals surface area contributed by atoms with E-state index in [0.717, 1.165) is 34.4 Å². The van der Waals surface area contributed by atoms with E-state index in [1.165, 1.54) is 22.5 Å². The molecule has 24 heavy (non-hydrogen) atoms. The van der Waals surface area contributed by atoms with Crippen LogP contribution in [-0.4, -0.2) is 30.3 Å². The number of aromatic nitrogens is 2. The van der Waals surface area contributed by atoms with Gasteiger partial charge in [0.05, 0.1) is 11.6 Å². The highest BCUT2D eigenvalue weighted by Crippen LogP contribution is 2.38. The zero-order chi connectivity index (χ0) is 16.5. The number of rotatable bonds is 4. The fourth-order valence-electron chi connectivity index (χ4n) is 3.04. The molecule has 0 unspecified atom stereocenters. The average molecular weight is 337 g/mol. The molecule has 5 nitrogen and oxygen atoms in total. The monoisotopic (exact) mass is 337 g/mol. The predicted molar refractivity (Wildman–Crippen MR) is 101 cm³/mol. The van der Waals surface area contributed by atoms with Crippen LogP contribution in [-0.2, 0) is 12.8 Å². The summed E-state index contributed by atoms with van der Waals surface area (Å²) in [6.07, 6.45) is 6.94. The van der Waals surface area contributed by atoms with E-state index in [1.807, 2.05) is 20.3 Å². The van der Waals surface area contributed by atoms with E-state index in [-0.39, 0.29) is 0 Å². The van der Waals surface area contributed by atoms with Crippen LogP contribution in [0, 0.1) is 0 Å². The zero-order valence-corrected chi connectivity index (χ0v) is 14.6. The van der Waals surface area contributed by atoms with E-state index in [4.69, 9.17) is 0 Å². The number of nitrogens with one attached hydrogen (secondary N) is 1. The molecule has 1 aromatic carbocycles. The molecule has 122 valence electrons. The van der Waals surface area contributed by atoms with E-state index < -0.39 is 0 Å².